The maximum Gasteiger partial charge on any atom is 0.306 e. The molecule has 0 aromatic rings. The van der Waals surface area contributed by atoms with Gasteiger partial charge in [0.15, 0.2) is 6.10 Å². The Balaban J connectivity index is 4.47. The van der Waals surface area contributed by atoms with E-state index in [4.69, 9.17) is 14.2 Å². The predicted molar refractivity (Wildman–Crippen MR) is 325 cm³/mol. The summed E-state index contributed by atoms with van der Waals surface area (Å²) in [6.45, 7) is 6.44. The molecule has 0 aliphatic heterocycles. The van der Waals surface area contributed by atoms with Crippen molar-refractivity contribution in [3.05, 3.63) is 134 Å². The van der Waals surface area contributed by atoms with Crippen molar-refractivity contribution in [2.24, 2.45) is 0 Å². The third kappa shape index (κ3) is 60.3. The molecule has 0 saturated heterocycles. The van der Waals surface area contributed by atoms with Crippen LogP contribution in [0.5, 0.6) is 0 Å². The lowest BCUT2D eigenvalue weighted by Crippen LogP contribution is -2.30. The fraction of sp³-hybridized carbons (Fsp3) is 0.638. The van der Waals surface area contributed by atoms with Crippen LogP contribution in [0, 0.1) is 0 Å². The van der Waals surface area contributed by atoms with E-state index in [0.29, 0.717) is 25.7 Å². The number of carbonyl (C=O) groups excluding carboxylic acids is 3. The van der Waals surface area contributed by atoms with Crippen LogP contribution in [-0.4, -0.2) is 37.2 Å². The molecule has 424 valence electrons. The number of hydrogen-bond acceptors (Lipinski definition) is 6. The lowest BCUT2D eigenvalue weighted by atomic mass is 10.1. The molecular weight excluding hydrogens is 925 g/mol. The Kier molecular flexibility index (Phi) is 58.4. The highest BCUT2D eigenvalue weighted by Crippen LogP contribution is 2.13. The zero-order valence-electron chi connectivity index (χ0n) is 48.5. The first-order chi connectivity index (χ1) is 37.0. The van der Waals surface area contributed by atoms with Crippen LogP contribution in [-0.2, 0) is 28.6 Å². The smallest absolute Gasteiger partial charge is 0.306 e. The van der Waals surface area contributed by atoms with Gasteiger partial charge >= 0.3 is 17.9 Å². The molecule has 0 rings (SSSR count). The molecule has 0 aromatic heterocycles. The second-order valence-electron chi connectivity index (χ2n) is 19.9. The SMILES string of the molecule is CC/C=C\C/C=C\C/C=C\C/C=C\C/C=C\C/C=C\C/C=C\C/C=C\CCCCC(=O)OCC(COC(=O)CCCCCCC/C=C\CCCCCCCC)OC(=O)CCCCCCC/C=C\C/C=C\CCCCC. The molecule has 6 heteroatoms. The summed E-state index contributed by atoms with van der Waals surface area (Å²) in [5.74, 6) is -0.974. The molecule has 0 spiro atoms. The van der Waals surface area contributed by atoms with Crippen LogP contribution >= 0.6 is 0 Å². The Labute approximate surface area is 462 Å². The normalized spacial score (nSPS) is 13.1. The van der Waals surface area contributed by atoms with E-state index >= 15 is 0 Å². The largest absolute Gasteiger partial charge is 0.462 e. The zero-order valence-corrected chi connectivity index (χ0v) is 48.5. The molecule has 0 fully saturated rings. The van der Waals surface area contributed by atoms with E-state index in [1.807, 2.05) is 0 Å². The van der Waals surface area contributed by atoms with Crippen LogP contribution in [0.15, 0.2) is 134 Å². The Morgan fingerprint density at radius 3 is 0.880 bits per heavy atom. The highest BCUT2D eigenvalue weighted by Gasteiger charge is 2.19. The topological polar surface area (TPSA) is 78.9 Å². The van der Waals surface area contributed by atoms with Crippen molar-refractivity contribution in [1.82, 2.24) is 0 Å². The minimum Gasteiger partial charge on any atom is -0.462 e. The molecule has 75 heavy (non-hydrogen) atoms. The van der Waals surface area contributed by atoms with E-state index in [0.717, 1.165) is 141 Å². The van der Waals surface area contributed by atoms with Crippen molar-refractivity contribution in [2.45, 2.75) is 271 Å². The van der Waals surface area contributed by atoms with Gasteiger partial charge in [0, 0.05) is 19.3 Å². The molecule has 0 heterocycles. The van der Waals surface area contributed by atoms with Gasteiger partial charge < -0.3 is 14.2 Å². The Hall–Kier alpha value is -4.45. The molecule has 0 N–H and O–H groups in total. The van der Waals surface area contributed by atoms with Crippen molar-refractivity contribution < 1.29 is 28.6 Å². The number of allylic oxidation sites excluding steroid dienone is 22. The fourth-order valence-corrected chi connectivity index (χ4v) is 8.01. The summed E-state index contributed by atoms with van der Waals surface area (Å²) in [5, 5.41) is 0. The standard InChI is InChI=1S/C69H112O6/c1-4-7-10-13-16-19-22-25-28-29-30-31-32-33-34-35-36-37-38-39-42-44-47-50-53-56-59-62-68(71)74-65-66(75-69(72)63-60-57-54-51-48-45-41-27-24-21-18-15-12-9-6-3)64-73-67(70)61-58-55-52-49-46-43-40-26-23-20-17-14-11-8-5-2/h7,10,16,18-19,21,25-28,30-31,33-34,36-37,39-42,47,50,66H,4-6,8-9,11-15,17,20,22-24,29,32,35,38,43-46,48-49,51-65H2,1-3H3/b10-7-,19-16-,21-18-,28-25-,31-30-,34-33-,37-36-,40-26-,41-27-,42-39-,50-47-. The number of ether oxygens (including phenoxy) is 3. The first kappa shape index (κ1) is 70.5. The van der Waals surface area contributed by atoms with Gasteiger partial charge in [-0.05, 0) is 141 Å². The molecule has 0 aromatic carbocycles. The van der Waals surface area contributed by atoms with Crippen LogP contribution < -0.4 is 0 Å². The van der Waals surface area contributed by atoms with Gasteiger partial charge in [0.2, 0.25) is 0 Å². The number of esters is 3. The highest BCUT2D eigenvalue weighted by atomic mass is 16.6. The number of carbonyl (C=O) groups is 3. The molecule has 0 saturated carbocycles. The lowest BCUT2D eigenvalue weighted by Gasteiger charge is -2.18. The third-order valence-corrected chi connectivity index (χ3v) is 12.6. The average molecular weight is 1040 g/mol. The van der Waals surface area contributed by atoms with E-state index in [9.17, 15) is 14.4 Å². The molecule has 1 unspecified atom stereocenters. The van der Waals surface area contributed by atoms with Crippen molar-refractivity contribution in [1.29, 1.82) is 0 Å². The molecule has 0 aliphatic carbocycles. The average Bonchev–Trinajstić information content (AvgIpc) is 3.41. The van der Waals surface area contributed by atoms with E-state index in [1.165, 1.54) is 77.0 Å². The zero-order chi connectivity index (χ0) is 54.3. The highest BCUT2D eigenvalue weighted by molar-refractivity contribution is 5.71. The van der Waals surface area contributed by atoms with Gasteiger partial charge in [-0.15, -0.1) is 0 Å². The van der Waals surface area contributed by atoms with Crippen LogP contribution in [0.1, 0.15) is 265 Å². The minimum atomic E-state index is -0.812. The molecular formula is C69H112O6. The van der Waals surface area contributed by atoms with Gasteiger partial charge in [-0.25, -0.2) is 0 Å². The number of rotatable bonds is 54. The lowest BCUT2D eigenvalue weighted by molar-refractivity contribution is -0.167. The summed E-state index contributed by atoms with van der Waals surface area (Å²) >= 11 is 0. The van der Waals surface area contributed by atoms with Crippen molar-refractivity contribution in [3.63, 3.8) is 0 Å². The van der Waals surface area contributed by atoms with E-state index < -0.39 is 6.10 Å². The predicted octanol–water partition coefficient (Wildman–Crippen LogP) is 21.0. The first-order valence-electron chi connectivity index (χ1n) is 30.7. The quantitative estimate of drug-likeness (QED) is 0.0261. The summed E-state index contributed by atoms with van der Waals surface area (Å²) < 4.78 is 16.8. The summed E-state index contributed by atoms with van der Waals surface area (Å²) in [7, 11) is 0. The molecule has 0 amide bonds. The Morgan fingerprint density at radius 2 is 0.520 bits per heavy atom. The van der Waals surface area contributed by atoms with Crippen molar-refractivity contribution in [3.8, 4) is 0 Å². The molecule has 1 atom stereocenters. The Bertz CT molecular complexity index is 1620. The van der Waals surface area contributed by atoms with Gasteiger partial charge in [-0.2, -0.15) is 0 Å². The van der Waals surface area contributed by atoms with Gasteiger partial charge in [0.05, 0.1) is 0 Å². The molecule has 0 radical (unpaired) electrons. The summed E-state index contributed by atoms with van der Waals surface area (Å²) in [6.07, 6.45) is 87.3. The summed E-state index contributed by atoms with van der Waals surface area (Å²) in [5.41, 5.74) is 0. The second-order valence-corrected chi connectivity index (χ2v) is 19.9. The van der Waals surface area contributed by atoms with Gasteiger partial charge in [-0.3, -0.25) is 14.4 Å². The first-order valence-corrected chi connectivity index (χ1v) is 30.7. The second kappa shape index (κ2) is 62.1. The van der Waals surface area contributed by atoms with Crippen molar-refractivity contribution in [2.75, 3.05) is 13.2 Å². The Morgan fingerprint density at radius 1 is 0.280 bits per heavy atom. The van der Waals surface area contributed by atoms with E-state index in [-0.39, 0.29) is 31.1 Å². The van der Waals surface area contributed by atoms with Crippen molar-refractivity contribution >= 4 is 17.9 Å². The van der Waals surface area contributed by atoms with E-state index in [2.05, 4.69) is 154 Å². The molecule has 0 aliphatic rings. The maximum absolute atomic E-state index is 12.9. The van der Waals surface area contributed by atoms with Gasteiger partial charge in [0.25, 0.3) is 0 Å². The van der Waals surface area contributed by atoms with Gasteiger partial charge in [-0.1, -0.05) is 238 Å². The van der Waals surface area contributed by atoms with Crippen LogP contribution in [0.4, 0.5) is 0 Å². The van der Waals surface area contributed by atoms with E-state index in [1.54, 1.807) is 0 Å². The van der Waals surface area contributed by atoms with Crippen LogP contribution in [0.25, 0.3) is 0 Å². The number of hydrogen-bond donors (Lipinski definition) is 0. The van der Waals surface area contributed by atoms with Gasteiger partial charge in [0.1, 0.15) is 13.2 Å². The minimum absolute atomic E-state index is 0.105. The monoisotopic (exact) mass is 1040 g/mol. The third-order valence-electron chi connectivity index (χ3n) is 12.6. The maximum atomic E-state index is 12.9. The van der Waals surface area contributed by atoms with Crippen LogP contribution in [0.3, 0.4) is 0 Å². The summed E-state index contributed by atoms with van der Waals surface area (Å²) in [4.78, 5) is 38.2. The fourth-order valence-electron chi connectivity index (χ4n) is 8.01. The number of unbranched alkanes of at least 4 members (excludes halogenated alkanes) is 21. The van der Waals surface area contributed by atoms with Crippen LogP contribution in [0.2, 0.25) is 0 Å². The molecule has 0 bridgehead atoms. The summed E-state index contributed by atoms with van der Waals surface area (Å²) in [6, 6.07) is 0. The molecule has 6 nitrogen and oxygen atoms in total.